The number of halogens is 1. The molecular weight excluding hydrogens is 298 g/mol. The zero-order chi connectivity index (χ0) is 16.5. The minimum absolute atomic E-state index is 0.0171. The number of benzene rings is 1. The Hall–Kier alpha value is -1.06. The highest BCUT2D eigenvalue weighted by atomic mass is 35.5. The molecule has 124 valence electrons. The third-order valence-electron chi connectivity index (χ3n) is 3.77. The molecule has 1 unspecified atom stereocenters. The van der Waals surface area contributed by atoms with Crippen molar-refractivity contribution in [2.75, 3.05) is 24.0 Å². The van der Waals surface area contributed by atoms with Crippen molar-refractivity contribution in [1.29, 1.82) is 0 Å². The number of nitrogens with zero attached hydrogens (tertiary/aromatic N) is 1. The molecule has 0 aliphatic heterocycles. The van der Waals surface area contributed by atoms with Crippen LogP contribution in [0.4, 0.5) is 5.69 Å². The lowest BCUT2D eigenvalue weighted by molar-refractivity contribution is -0.117. The van der Waals surface area contributed by atoms with E-state index in [1.807, 2.05) is 30.9 Å². The maximum atomic E-state index is 12.4. The topological polar surface area (TPSA) is 29.5 Å². The molecule has 0 saturated heterocycles. The zero-order valence-corrected chi connectivity index (χ0v) is 14.9. The fourth-order valence-electron chi connectivity index (χ4n) is 2.58. The first-order valence-electron chi connectivity index (χ1n) is 8.11. The van der Waals surface area contributed by atoms with Crippen molar-refractivity contribution in [1.82, 2.24) is 0 Å². The Morgan fingerprint density at radius 3 is 2.68 bits per heavy atom. The number of ether oxygens (including phenoxy) is 1. The van der Waals surface area contributed by atoms with Crippen LogP contribution in [0.25, 0.3) is 0 Å². The number of alkyl halides is 1. The SMILES string of the molecule is CCCCOCC(C)N(C(=O)CCl)c1c(C)cccc1CC. The molecule has 0 aliphatic carbocycles. The molecular formula is C18H28ClNO2. The first-order chi connectivity index (χ1) is 10.6. The van der Waals surface area contributed by atoms with E-state index in [0.29, 0.717) is 6.61 Å². The van der Waals surface area contributed by atoms with Gasteiger partial charge >= 0.3 is 0 Å². The molecule has 1 aromatic rings. The van der Waals surface area contributed by atoms with Crippen LogP contribution in [0.15, 0.2) is 18.2 Å². The summed E-state index contributed by atoms with van der Waals surface area (Å²) < 4.78 is 5.71. The molecule has 0 aromatic heterocycles. The van der Waals surface area contributed by atoms with Gasteiger partial charge in [-0.25, -0.2) is 0 Å². The molecule has 1 rings (SSSR count). The lowest BCUT2D eigenvalue weighted by Crippen LogP contribution is -2.43. The summed E-state index contributed by atoms with van der Waals surface area (Å²) in [5.74, 6) is -0.0891. The smallest absolute Gasteiger partial charge is 0.242 e. The molecule has 0 heterocycles. The van der Waals surface area contributed by atoms with Crippen LogP contribution in [-0.4, -0.2) is 31.0 Å². The molecule has 0 saturated carbocycles. The number of amides is 1. The average Bonchev–Trinajstić information content (AvgIpc) is 2.53. The summed E-state index contributed by atoms with van der Waals surface area (Å²) in [6.45, 7) is 9.55. The lowest BCUT2D eigenvalue weighted by Gasteiger charge is -2.32. The van der Waals surface area contributed by atoms with Crippen molar-refractivity contribution in [3.63, 3.8) is 0 Å². The Bertz CT molecular complexity index is 476. The molecule has 1 aromatic carbocycles. The molecule has 0 N–H and O–H groups in total. The fraction of sp³-hybridized carbons (Fsp3) is 0.611. The Morgan fingerprint density at radius 2 is 2.09 bits per heavy atom. The van der Waals surface area contributed by atoms with Crippen molar-refractivity contribution < 1.29 is 9.53 Å². The molecule has 22 heavy (non-hydrogen) atoms. The van der Waals surface area contributed by atoms with Gasteiger partial charge < -0.3 is 9.64 Å². The van der Waals surface area contributed by atoms with E-state index in [0.717, 1.165) is 37.1 Å². The zero-order valence-electron chi connectivity index (χ0n) is 14.2. The number of aryl methyl sites for hydroxylation is 2. The molecule has 4 heteroatoms. The van der Waals surface area contributed by atoms with Gasteiger partial charge in [-0.3, -0.25) is 4.79 Å². The number of hydrogen-bond donors (Lipinski definition) is 0. The number of carbonyl (C=O) groups excluding carboxylic acids is 1. The van der Waals surface area contributed by atoms with Gasteiger partial charge in [0.2, 0.25) is 5.91 Å². The molecule has 0 fully saturated rings. The van der Waals surface area contributed by atoms with Crippen molar-refractivity contribution in [3.05, 3.63) is 29.3 Å². The Labute approximate surface area is 139 Å². The van der Waals surface area contributed by atoms with Gasteiger partial charge in [0, 0.05) is 6.61 Å². The van der Waals surface area contributed by atoms with E-state index >= 15 is 0 Å². The number of unbranched alkanes of at least 4 members (excludes halogenated alkanes) is 1. The predicted octanol–water partition coefficient (Wildman–Crippen LogP) is 4.33. The maximum Gasteiger partial charge on any atom is 0.242 e. The normalized spacial score (nSPS) is 12.2. The van der Waals surface area contributed by atoms with E-state index in [4.69, 9.17) is 16.3 Å². The first-order valence-corrected chi connectivity index (χ1v) is 8.64. The number of anilines is 1. The average molecular weight is 326 g/mol. The molecule has 0 aliphatic rings. The minimum atomic E-state index is -0.0720. The maximum absolute atomic E-state index is 12.4. The van der Waals surface area contributed by atoms with Gasteiger partial charge in [-0.05, 0) is 37.8 Å². The van der Waals surface area contributed by atoms with Crippen LogP contribution in [0.5, 0.6) is 0 Å². The van der Waals surface area contributed by atoms with Crippen LogP contribution >= 0.6 is 11.6 Å². The van der Waals surface area contributed by atoms with E-state index < -0.39 is 0 Å². The van der Waals surface area contributed by atoms with Crippen LogP contribution in [0.1, 0.15) is 44.7 Å². The number of carbonyl (C=O) groups is 1. The first kappa shape index (κ1) is 19.0. The summed E-state index contributed by atoms with van der Waals surface area (Å²) >= 11 is 5.84. The highest BCUT2D eigenvalue weighted by molar-refractivity contribution is 6.29. The summed E-state index contributed by atoms with van der Waals surface area (Å²) in [7, 11) is 0. The largest absolute Gasteiger partial charge is 0.379 e. The highest BCUT2D eigenvalue weighted by Gasteiger charge is 2.24. The summed E-state index contributed by atoms with van der Waals surface area (Å²) in [6.07, 6.45) is 3.03. The van der Waals surface area contributed by atoms with Gasteiger partial charge in [-0.1, -0.05) is 38.5 Å². The van der Waals surface area contributed by atoms with E-state index in [-0.39, 0.29) is 17.8 Å². The number of hydrogen-bond acceptors (Lipinski definition) is 2. The summed E-state index contributed by atoms with van der Waals surface area (Å²) in [4.78, 5) is 14.2. The number of para-hydroxylation sites is 1. The summed E-state index contributed by atoms with van der Waals surface area (Å²) in [5.41, 5.74) is 3.25. The molecule has 3 nitrogen and oxygen atoms in total. The second-order valence-electron chi connectivity index (χ2n) is 5.61. The van der Waals surface area contributed by atoms with Crippen LogP contribution in [0, 0.1) is 6.92 Å². The van der Waals surface area contributed by atoms with Gasteiger partial charge in [0.15, 0.2) is 0 Å². The molecule has 0 spiro atoms. The van der Waals surface area contributed by atoms with E-state index in [1.54, 1.807) is 0 Å². The van der Waals surface area contributed by atoms with Crippen molar-refractivity contribution >= 4 is 23.2 Å². The van der Waals surface area contributed by atoms with Gasteiger partial charge in [0.25, 0.3) is 0 Å². The summed E-state index contributed by atoms with van der Waals surface area (Å²) in [6, 6.07) is 6.10. The van der Waals surface area contributed by atoms with Gasteiger partial charge in [0.1, 0.15) is 5.88 Å². The second kappa shape index (κ2) is 9.86. The number of rotatable bonds is 9. The third-order valence-corrected chi connectivity index (χ3v) is 4.00. The van der Waals surface area contributed by atoms with E-state index in [2.05, 4.69) is 19.9 Å². The second-order valence-corrected chi connectivity index (χ2v) is 5.88. The van der Waals surface area contributed by atoms with Crippen molar-refractivity contribution in [2.24, 2.45) is 0 Å². The molecule has 0 bridgehead atoms. The van der Waals surface area contributed by atoms with Crippen LogP contribution < -0.4 is 4.90 Å². The minimum Gasteiger partial charge on any atom is -0.379 e. The Morgan fingerprint density at radius 1 is 1.36 bits per heavy atom. The van der Waals surface area contributed by atoms with Gasteiger partial charge in [-0.2, -0.15) is 0 Å². The predicted molar refractivity (Wildman–Crippen MR) is 94.0 cm³/mol. The molecule has 1 atom stereocenters. The van der Waals surface area contributed by atoms with Gasteiger partial charge in [0.05, 0.1) is 18.3 Å². The summed E-state index contributed by atoms with van der Waals surface area (Å²) in [5, 5.41) is 0. The lowest BCUT2D eigenvalue weighted by atomic mass is 10.0. The highest BCUT2D eigenvalue weighted by Crippen LogP contribution is 2.28. The van der Waals surface area contributed by atoms with E-state index in [9.17, 15) is 4.79 Å². The van der Waals surface area contributed by atoms with Crippen LogP contribution in [0.2, 0.25) is 0 Å². The molecule has 1 amide bonds. The van der Waals surface area contributed by atoms with Crippen LogP contribution in [0.3, 0.4) is 0 Å². The fourth-order valence-corrected chi connectivity index (χ4v) is 2.71. The van der Waals surface area contributed by atoms with Gasteiger partial charge in [-0.15, -0.1) is 11.6 Å². The Kier molecular flexibility index (Phi) is 8.51. The molecule has 0 radical (unpaired) electrons. The van der Waals surface area contributed by atoms with Crippen molar-refractivity contribution in [2.45, 2.75) is 53.0 Å². The van der Waals surface area contributed by atoms with Crippen molar-refractivity contribution in [3.8, 4) is 0 Å². The van der Waals surface area contributed by atoms with E-state index in [1.165, 1.54) is 5.56 Å². The monoisotopic (exact) mass is 325 g/mol. The standard InChI is InChI=1S/C18H28ClNO2/c1-5-7-11-22-13-15(4)20(17(21)12-19)18-14(3)9-8-10-16(18)6-2/h8-10,15H,5-7,11-13H2,1-4H3. The van der Waals surface area contributed by atoms with Crippen LogP contribution in [-0.2, 0) is 16.0 Å². The Balaban J connectivity index is 3.01. The quantitative estimate of drug-likeness (QED) is 0.499. The third kappa shape index (κ3) is 4.99.